The van der Waals surface area contributed by atoms with Crippen molar-refractivity contribution in [2.75, 3.05) is 0 Å². The number of aromatic nitrogens is 3. The van der Waals surface area contributed by atoms with Gasteiger partial charge in [0, 0.05) is 5.56 Å². The Morgan fingerprint density at radius 2 is 2.19 bits per heavy atom. The highest BCUT2D eigenvalue weighted by molar-refractivity contribution is 6.31. The Morgan fingerprint density at radius 3 is 2.81 bits per heavy atom. The summed E-state index contributed by atoms with van der Waals surface area (Å²) in [6.45, 7) is 0. The van der Waals surface area contributed by atoms with Gasteiger partial charge >= 0.3 is 5.97 Å². The van der Waals surface area contributed by atoms with Crippen LogP contribution in [0.4, 0.5) is 4.39 Å². The van der Waals surface area contributed by atoms with Gasteiger partial charge in [0.1, 0.15) is 11.5 Å². The molecular weight excluding hydrogens is 237 g/mol. The Morgan fingerprint density at radius 1 is 1.44 bits per heavy atom. The van der Waals surface area contributed by atoms with Crippen LogP contribution in [0, 0.1) is 5.82 Å². The number of nitrogens with one attached hydrogen (secondary N) is 1. The first-order valence-electron chi connectivity index (χ1n) is 4.19. The first kappa shape index (κ1) is 10.6. The van der Waals surface area contributed by atoms with E-state index in [2.05, 4.69) is 15.4 Å². The molecular formula is C9H5ClFN3O2. The summed E-state index contributed by atoms with van der Waals surface area (Å²) in [6.07, 6.45) is 0. The Balaban J connectivity index is 2.54. The van der Waals surface area contributed by atoms with Crippen LogP contribution in [0.15, 0.2) is 18.2 Å². The number of carboxylic acid groups (broad SMARTS) is 1. The molecule has 0 spiro atoms. The van der Waals surface area contributed by atoms with Crippen molar-refractivity contribution in [1.82, 2.24) is 15.4 Å². The SMILES string of the molecule is O=C(O)c1n[nH]nc1-c1ccc(F)c(Cl)c1. The van der Waals surface area contributed by atoms with Crippen molar-refractivity contribution in [3.05, 3.63) is 34.7 Å². The van der Waals surface area contributed by atoms with E-state index in [9.17, 15) is 9.18 Å². The van der Waals surface area contributed by atoms with Gasteiger partial charge in [-0.3, -0.25) is 0 Å². The third-order valence-corrected chi connectivity index (χ3v) is 2.23. The highest BCUT2D eigenvalue weighted by atomic mass is 35.5. The zero-order valence-electron chi connectivity index (χ0n) is 7.74. The molecule has 1 aromatic heterocycles. The van der Waals surface area contributed by atoms with E-state index in [4.69, 9.17) is 16.7 Å². The van der Waals surface area contributed by atoms with E-state index >= 15 is 0 Å². The molecule has 16 heavy (non-hydrogen) atoms. The predicted octanol–water partition coefficient (Wildman–Crippen LogP) is 1.96. The van der Waals surface area contributed by atoms with E-state index in [1.54, 1.807) is 0 Å². The van der Waals surface area contributed by atoms with Crippen LogP contribution in [-0.2, 0) is 0 Å². The maximum absolute atomic E-state index is 12.9. The maximum atomic E-state index is 12.9. The zero-order chi connectivity index (χ0) is 11.7. The second-order valence-electron chi connectivity index (χ2n) is 2.95. The van der Waals surface area contributed by atoms with E-state index in [1.807, 2.05) is 0 Å². The number of aromatic carboxylic acids is 1. The summed E-state index contributed by atoms with van der Waals surface area (Å²) in [5.74, 6) is -1.80. The Labute approximate surface area is 93.9 Å². The molecule has 2 N–H and O–H groups in total. The molecule has 7 heteroatoms. The number of rotatable bonds is 2. The molecule has 2 aromatic rings. The van der Waals surface area contributed by atoms with Crippen LogP contribution in [0.2, 0.25) is 5.02 Å². The molecule has 0 aliphatic heterocycles. The molecule has 0 bridgehead atoms. The van der Waals surface area contributed by atoms with Crippen LogP contribution in [0.1, 0.15) is 10.5 Å². The van der Waals surface area contributed by atoms with Crippen molar-refractivity contribution in [1.29, 1.82) is 0 Å². The lowest BCUT2D eigenvalue weighted by atomic mass is 10.1. The molecule has 0 atom stereocenters. The molecule has 0 aliphatic rings. The maximum Gasteiger partial charge on any atom is 0.358 e. The monoisotopic (exact) mass is 241 g/mol. The van der Waals surface area contributed by atoms with Gasteiger partial charge in [0.15, 0.2) is 5.69 Å². The molecule has 0 saturated heterocycles. The smallest absolute Gasteiger partial charge is 0.358 e. The van der Waals surface area contributed by atoms with Crippen molar-refractivity contribution in [3.8, 4) is 11.3 Å². The number of H-pyrrole nitrogens is 1. The van der Waals surface area contributed by atoms with Crippen molar-refractivity contribution in [2.24, 2.45) is 0 Å². The molecule has 0 fully saturated rings. The van der Waals surface area contributed by atoms with E-state index < -0.39 is 11.8 Å². The average Bonchev–Trinajstić information content (AvgIpc) is 2.71. The van der Waals surface area contributed by atoms with E-state index in [1.165, 1.54) is 12.1 Å². The summed E-state index contributed by atoms with van der Waals surface area (Å²) in [4.78, 5) is 10.8. The van der Waals surface area contributed by atoms with Crippen LogP contribution in [0.5, 0.6) is 0 Å². The number of hydrogen-bond donors (Lipinski definition) is 2. The summed E-state index contributed by atoms with van der Waals surface area (Å²) < 4.78 is 12.9. The fourth-order valence-corrected chi connectivity index (χ4v) is 1.41. The fourth-order valence-electron chi connectivity index (χ4n) is 1.22. The molecule has 0 saturated carbocycles. The minimum atomic E-state index is -1.22. The second-order valence-corrected chi connectivity index (χ2v) is 3.36. The predicted molar refractivity (Wildman–Crippen MR) is 53.7 cm³/mol. The average molecular weight is 242 g/mol. The molecule has 0 amide bonds. The van der Waals surface area contributed by atoms with Crippen molar-refractivity contribution < 1.29 is 14.3 Å². The van der Waals surface area contributed by atoms with Gasteiger partial charge in [-0.25, -0.2) is 9.18 Å². The molecule has 0 aliphatic carbocycles. The lowest BCUT2D eigenvalue weighted by Gasteiger charge is -1.99. The van der Waals surface area contributed by atoms with Crippen molar-refractivity contribution in [3.63, 3.8) is 0 Å². The van der Waals surface area contributed by atoms with Crippen LogP contribution < -0.4 is 0 Å². The van der Waals surface area contributed by atoms with E-state index in [0.29, 0.717) is 5.56 Å². The van der Waals surface area contributed by atoms with Crippen LogP contribution >= 0.6 is 11.6 Å². The summed E-state index contributed by atoms with van der Waals surface area (Å²) in [5.41, 5.74) is 0.273. The molecule has 0 radical (unpaired) electrons. The molecule has 0 unspecified atom stereocenters. The van der Waals surface area contributed by atoms with E-state index in [0.717, 1.165) is 6.07 Å². The summed E-state index contributed by atoms with van der Waals surface area (Å²) in [7, 11) is 0. The van der Waals surface area contributed by atoms with Crippen LogP contribution in [0.3, 0.4) is 0 Å². The second kappa shape index (κ2) is 3.90. The molecule has 2 rings (SSSR count). The molecule has 82 valence electrons. The highest BCUT2D eigenvalue weighted by Gasteiger charge is 2.17. The lowest BCUT2D eigenvalue weighted by Crippen LogP contribution is -1.99. The van der Waals surface area contributed by atoms with Gasteiger partial charge in [-0.15, -0.1) is 5.10 Å². The Hall–Kier alpha value is -1.95. The van der Waals surface area contributed by atoms with Gasteiger partial charge in [0.2, 0.25) is 0 Å². The fraction of sp³-hybridized carbons (Fsp3) is 0. The standard InChI is InChI=1S/C9H5ClFN3O2/c10-5-3-4(1-2-6(5)11)7-8(9(15)16)13-14-12-7/h1-3H,(H,15,16)(H,12,13,14). The lowest BCUT2D eigenvalue weighted by molar-refractivity contribution is 0.0691. The topological polar surface area (TPSA) is 78.9 Å². The number of carboxylic acids is 1. The minimum Gasteiger partial charge on any atom is -0.476 e. The van der Waals surface area contributed by atoms with Crippen molar-refractivity contribution in [2.45, 2.75) is 0 Å². The largest absolute Gasteiger partial charge is 0.476 e. The third-order valence-electron chi connectivity index (χ3n) is 1.94. The highest BCUT2D eigenvalue weighted by Crippen LogP contribution is 2.24. The molecule has 1 aromatic carbocycles. The summed E-state index contributed by atoms with van der Waals surface area (Å²) in [6, 6.07) is 3.81. The van der Waals surface area contributed by atoms with Gasteiger partial charge in [-0.1, -0.05) is 11.6 Å². The van der Waals surface area contributed by atoms with Gasteiger partial charge in [-0.2, -0.15) is 10.3 Å². The van der Waals surface area contributed by atoms with Crippen molar-refractivity contribution >= 4 is 17.6 Å². The number of nitrogens with zero attached hydrogens (tertiary/aromatic N) is 2. The minimum absolute atomic E-state index is 0.100. The van der Waals surface area contributed by atoms with Gasteiger partial charge in [-0.05, 0) is 18.2 Å². The summed E-state index contributed by atoms with van der Waals surface area (Å²) >= 11 is 5.58. The number of aromatic amines is 1. The zero-order valence-corrected chi connectivity index (χ0v) is 8.49. The first-order valence-corrected chi connectivity index (χ1v) is 4.57. The van der Waals surface area contributed by atoms with Gasteiger partial charge in [0.05, 0.1) is 5.02 Å². The molecule has 5 nitrogen and oxygen atoms in total. The van der Waals surface area contributed by atoms with Gasteiger partial charge in [0.25, 0.3) is 0 Å². The first-order chi connectivity index (χ1) is 7.59. The Kier molecular flexibility index (Phi) is 2.57. The summed E-state index contributed by atoms with van der Waals surface area (Å²) in [5, 5.41) is 18.1. The number of halogens is 2. The van der Waals surface area contributed by atoms with Crippen LogP contribution in [0.25, 0.3) is 11.3 Å². The molecule has 1 heterocycles. The number of hydrogen-bond acceptors (Lipinski definition) is 3. The number of benzene rings is 1. The van der Waals surface area contributed by atoms with Crippen LogP contribution in [-0.4, -0.2) is 26.5 Å². The quantitative estimate of drug-likeness (QED) is 0.842. The third kappa shape index (κ3) is 1.74. The Bertz CT molecular complexity index is 555. The van der Waals surface area contributed by atoms with E-state index in [-0.39, 0.29) is 16.4 Å². The normalized spacial score (nSPS) is 10.4. The number of carbonyl (C=O) groups is 1. The van der Waals surface area contributed by atoms with Gasteiger partial charge < -0.3 is 5.11 Å².